The van der Waals surface area contributed by atoms with Gasteiger partial charge < -0.3 is 15.5 Å². The standard InChI is InChI=1S/C18H13FN2O4S/c19-13-8-11(15-2-1-7-26-15)9-14(16(13)22)21-17(23)10-3-5-12(6-4-10)20-18(24)25/h1-9,20,22H,(H,21,23)(H,24,25). The zero-order chi connectivity index (χ0) is 18.7. The van der Waals surface area contributed by atoms with Gasteiger partial charge in [0.15, 0.2) is 11.6 Å². The Morgan fingerprint density at radius 1 is 1.04 bits per heavy atom. The highest BCUT2D eigenvalue weighted by molar-refractivity contribution is 7.13. The molecule has 8 heteroatoms. The molecule has 0 aliphatic heterocycles. The van der Waals surface area contributed by atoms with Gasteiger partial charge in [-0.3, -0.25) is 10.1 Å². The highest BCUT2D eigenvalue weighted by atomic mass is 32.1. The largest absolute Gasteiger partial charge is 0.503 e. The van der Waals surface area contributed by atoms with Gasteiger partial charge in [0.05, 0.1) is 5.69 Å². The van der Waals surface area contributed by atoms with E-state index in [1.807, 2.05) is 11.4 Å². The van der Waals surface area contributed by atoms with Gasteiger partial charge in [-0.1, -0.05) is 6.07 Å². The predicted octanol–water partition coefficient (Wildman–Crippen LogP) is 4.60. The molecule has 6 nitrogen and oxygen atoms in total. The van der Waals surface area contributed by atoms with Gasteiger partial charge in [-0.25, -0.2) is 9.18 Å². The normalized spacial score (nSPS) is 10.3. The smallest absolute Gasteiger partial charge is 0.409 e. The molecular formula is C18H13FN2O4S. The number of phenolic OH excluding ortho intramolecular Hbond substituents is 1. The topological polar surface area (TPSA) is 98.7 Å². The van der Waals surface area contributed by atoms with Crippen LogP contribution in [-0.2, 0) is 0 Å². The van der Waals surface area contributed by atoms with E-state index in [0.717, 1.165) is 4.88 Å². The molecule has 0 atom stereocenters. The molecule has 0 unspecified atom stereocenters. The number of carboxylic acid groups (broad SMARTS) is 1. The summed E-state index contributed by atoms with van der Waals surface area (Å²) in [5.74, 6) is -2.06. The number of amides is 2. The minimum absolute atomic E-state index is 0.0499. The molecule has 132 valence electrons. The summed E-state index contributed by atoms with van der Waals surface area (Å²) in [6.45, 7) is 0. The number of thiophene rings is 1. The molecule has 26 heavy (non-hydrogen) atoms. The highest BCUT2D eigenvalue weighted by Crippen LogP contribution is 2.34. The van der Waals surface area contributed by atoms with Crippen LogP contribution in [0.15, 0.2) is 53.9 Å². The molecule has 0 fully saturated rings. The maximum atomic E-state index is 14.0. The summed E-state index contributed by atoms with van der Waals surface area (Å²) in [4.78, 5) is 23.7. The van der Waals surface area contributed by atoms with Crippen LogP contribution in [-0.4, -0.2) is 22.2 Å². The molecule has 1 heterocycles. The number of halogens is 1. The lowest BCUT2D eigenvalue weighted by atomic mass is 10.1. The van der Waals surface area contributed by atoms with Crippen molar-refractivity contribution in [3.05, 3.63) is 65.3 Å². The molecule has 3 rings (SSSR count). The van der Waals surface area contributed by atoms with Crippen LogP contribution in [0.2, 0.25) is 0 Å². The Labute approximate surface area is 151 Å². The number of carbonyl (C=O) groups excluding carboxylic acids is 1. The number of benzene rings is 2. The maximum Gasteiger partial charge on any atom is 0.409 e. The maximum absolute atomic E-state index is 14.0. The van der Waals surface area contributed by atoms with E-state index >= 15 is 0 Å². The summed E-state index contributed by atoms with van der Waals surface area (Å²) in [5, 5.41) is 25.0. The molecule has 0 aliphatic carbocycles. The highest BCUT2D eigenvalue weighted by Gasteiger charge is 2.15. The van der Waals surface area contributed by atoms with E-state index in [4.69, 9.17) is 5.11 Å². The second kappa shape index (κ2) is 7.24. The Hall–Kier alpha value is -3.39. The van der Waals surface area contributed by atoms with Crippen molar-refractivity contribution in [2.75, 3.05) is 10.6 Å². The lowest BCUT2D eigenvalue weighted by molar-refractivity contribution is 0.102. The van der Waals surface area contributed by atoms with Crippen molar-refractivity contribution in [3.8, 4) is 16.2 Å². The molecule has 0 saturated carbocycles. The van der Waals surface area contributed by atoms with Crippen molar-refractivity contribution < 1.29 is 24.2 Å². The fourth-order valence-corrected chi connectivity index (χ4v) is 3.02. The number of phenols is 1. The van der Waals surface area contributed by atoms with E-state index in [1.165, 1.54) is 47.7 Å². The zero-order valence-corrected chi connectivity index (χ0v) is 14.0. The van der Waals surface area contributed by atoms with Crippen molar-refractivity contribution in [2.45, 2.75) is 0 Å². The average Bonchev–Trinajstić information content (AvgIpc) is 3.13. The molecule has 1 aromatic heterocycles. The Bertz CT molecular complexity index is 956. The van der Waals surface area contributed by atoms with Crippen LogP contribution in [0, 0.1) is 5.82 Å². The Balaban J connectivity index is 1.84. The van der Waals surface area contributed by atoms with Crippen LogP contribution in [0.3, 0.4) is 0 Å². The van der Waals surface area contributed by atoms with Gasteiger partial charge in [0.25, 0.3) is 5.91 Å². The van der Waals surface area contributed by atoms with Gasteiger partial charge in [0, 0.05) is 16.1 Å². The first kappa shape index (κ1) is 17.4. The summed E-state index contributed by atoms with van der Waals surface area (Å²) in [5.41, 5.74) is 1.02. The van der Waals surface area contributed by atoms with Crippen LogP contribution < -0.4 is 10.6 Å². The van der Waals surface area contributed by atoms with Gasteiger partial charge in [-0.05, 0) is 53.4 Å². The number of anilines is 2. The number of carbonyl (C=O) groups is 2. The first-order valence-corrected chi connectivity index (χ1v) is 8.30. The molecule has 0 bridgehead atoms. The number of nitrogens with one attached hydrogen (secondary N) is 2. The summed E-state index contributed by atoms with van der Waals surface area (Å²) in [7, 11) is 0. The SMILES string of the molecule is O=C(O)Nc1ccc(C(=O)Nc2cc(-c3cccs3)cc(F)c2O)cc1. The molecule has 0 radical (unpaired) electrons. The first-order chi connectivity index (χ1) is 12.4. The van der Waals surface area contributed by atoms with E-state index < -0.39 is 23.6 Å². The molecule has 2 aromatic carbocycles. The van der Waals surface area contributed by atoms with E-state index in [0.29, 0.717) is 11.3 Å². The van der Waals surface area contributed by atoms with Crippen molar-refractivity contribution in [1.29, 1.82) is 0 Å². The van der Waals surface area contributed by atoms with Gasteiger partial charge in [-0.15, -0.1) is 11.3 Å². The quantitative estimate of drug-likeness (QED) is 0.503. The zero-order valence-electron chi connectivity index (χ0n) is 13.2. The fraction of sp³-hybridized carbons (Fsp3) is 0. The second-order valence-electron chi connectivity index (χ2n) is 5.29. The summed E-state index contributed by atoms with van der Waals surface area (Å²) >= 11 is 1.41. The van der Waals surface area contributed by atoms with E-state index in [2.05, 4.69) is 10.6 Å². The molecule has 0 spiro atoms. The molecule has 3 aromatic rings. The number of hydrogen-bond donors (Lipinski definition) is 4. The Morgan fingerprint density at radius 2 is 1.77 bits per heavy atom. The summed E-state index contributed by atoms with van der Waals surface area (Å²) in [6, 6.07) is 12.0. The Morgan fingerprint density at radius 3 is 2.38 bits per heavy atom. The number of hydrogen-bond acceptors (Lipinski definition) is 4. The third kappa shape index (κ3) is 3.81. The van der Waals surface area contributed by atoms with Gasteiger partial charge in [-0.2, -0.15) is 0 Å². The third-order valence-electron chi connectivity index (χ3n) is 3.52. The minimum Gasteiger partial charge on any atom is -0.503 e. The molecule has 2 amide bonds. The number of aromatic hydroxyl groups is 1. The van der Waals surface area contributed by atoms with Crippen molar-refractivity contribution in [1.82, 2.24) is 0 Å². The summed E-state index contributed by atoms with van der Waals surface area (Å²) < 4.78 is 14.0. The van der Waals surface area contributed by atoms with Crippen molar-refractivity contribution in [3.63, 3.8) is 0 Å². The van der Waals surface area contributed by atoms with E-state index in [-0.39, 0.29) is 11.3 Å². The minimum atomic E-state index is -1.21. The molecule has 4 N–H and O–H groups in total. The van der Waals surface area contributed by atoms with Crippen molar-refractivity contribution >= 4 is 34.7 Å². The monoisotopic (exact) mass is 372 g/mol. The van der Waals surface area contributed by atoms with Crippen molar-refractivity contribution in [2.24, 2.45) is 0 Å². The van der Waals surface area contributed by atoms with E-state index in [1.54, 1.807) is 6.07 Å². The fourth-order valence-electron chi connectivity index (χ4n) is 2.30. The molecule has 0 aliphatic rings. The average molecular weight is 372 g/mol. The molecule has 0 saturated heterocycles. The van der Waals surface area contributed by atoms with Gasteiger partial charge >= 0.3 is 6.09 Å². The van der Waals surface area contributed by atoms with Gasteiger partial charge in [0.2, 0.25) is 0 Å². The second-order valence-corrected chi connectivity index (χ2v) is 6.24. The lowest BCUT2D eigenvalue weighted by Gasteiger charge is -2.10. The van der Waals surface area contributed by atoms with Crippen LogP contribution in [0.1, 0.15) is 10.4 Å². The third-order valence-corrected chi connectivity index (χ3v) is 4.43. The Kier molecular flexibility index (Phi) is 4.85. The predicted molar refractivity (Wildman–Crippen MR) is 97.4 cm³/mol. The van der Waals surface area contributed by atoms with Gasteiger partial charge in [0.1, 0.15) is 0 Å². The van der Waals surface area contributed by atoms with Crippen LogP contribution in [0.5, 0.6) is 5.75 Å². The molecular weight excluding hydrogens is 359 g/mol. The van der Waals surface area contributed by atoms with E-state index in [9.17, 15) is 19.1 Å². The number of rotatable bonds is 4. The van der Waals surface area contributed by atoms with Crippen LogP contribution in [0.25, 0.3) is 10.4 Å². The summed E-state index contributed by atoms with van der Waals surface area (Å²) in [6.07, 6.45) is -1.21. The first-order valence-electron chi connectivity index (χ1n) is 7.42. The van der Waals surface area contributed by atoms with Crippen LogP contribution in [0.4, 0.5) is 20.6 Å². The van der Waals surface area contributed by atoms with Crippen LogP contribution >= 0.6 is 11.3 Å². The lowest BCUT2D eigenvalue weighted by Crippen LogP contribution is -2.13.